The van der Waals surface area contributed by atoms with E-state index in [1.807, 2.05) is 25.1 Å². The summed E-state index contributed by atoms with van der Waals surface area (Å²) in [6, 6.07) is 14.8. The number of methoxy groups -OCH3 is 1. The van der Waals surface area contributed by atoms with Gasteiger partial charge in [0.1, 0.15) is 11.6 Å². The SMILES string of the molecule is CCN(Cc1cccc(F)c1)C(=O)CN1CCCC1c1ccc(OC)cc1. The highest BCUT2D eigenvalue weighted by Gasteiger charge is 2.28. The first-order chi connectivity index (χ1) is 13.1. The molecule has 1 atom stereocenters. The van der Waals surface area contributed by atoms with Gasteiger partial charge in [-0.2, -0.15) is 0 Å². The minimum atomic E-state index is -0.268. The molecule has 5 heteroatoms. The molecule has 1 aliphatic heterocycles. The van der Waals surface area contributed by atoms with Crippen LogP contribution < -0.4 is 4.74 Å². The van der Waals surface area contributed by atoms with Crippen LogP contribution in [0.25, 0.3) is 0 Å². The molecule has 2 aromatic carbocycles. The van der Waals surface area contributed by atoms with Gasteiger partial charge in [0.15, 0.2) is 0 Å². The average Bonchev–Trinajstić information content (AvgIpc) is 3.14. The lowest BCUT2D eigenvalue weighted by Gasteiger charge is -2.28. The molecule has 3 rings (SSSR count). The van der Waals surface area contributed by atoms with E-state index in [2.05, 4.69) is 17.0 Å². The maximum absolute atomic E-state index is 13.4. The fraction of sp³-hybridized carbons (Fsp3) is 0.409. The van der Waals surface area contributed by atoms with Crippen LogP contribution in [0, 0.1) is 5.82 Å². The van der Waals surface area contributed by atoms with Crippen molar-refractivity contribution in [1.82, 2.24) is 9.80 Å². The van der Waals surface area contributed by atoms with Crippen molar-refractivity contribution >= 4 is 5.91 Å². The summed E-state index contributed by atoms with van der Waals surface area (Å²) in [5.74, 6) is 0.656. The van der Waals surface area contributed by atoms with E-state index < -0.39 is 0 Å². The fourth-order valence-electron chi connectivity index (χ4n) is 3.72. The lowest BCUT2D eigenvalue weighted by Crippen LogP contribution is -2.39. The zero-order valence-electron chi connectivity index (χ0n) is 16.0. The van der Waals surface area contributed by atoms with Crippen molar-refractivity contribution in [2.45, 2.75) is 32.4 Å². The lowest BCUT2D eigenvalue weighted by molar-refractivity contribution is -0.133. The maximum atomic E-state index is 13.4. The van der Waals surface area contributed by atoms with Crippen LogP contribution in [0.1, 0.15) is 36.9 Å². The van der Waals surface area contributed by atoms with Gasteiger partial charge in [-0.1, -0.05) is 24.3 Å². The van der Waals surface area contributed by atoms with E-state index in [4.69, 9.17) is 4.74 Å². The number of likely N-dealkylation sites (N-methyl/N-ethyl adjacent to an activating group) is 1. The van der Waals surface area contributed by atoms with Crippen molar-refractivity contribution in [3.63, 3.8) is 0 Å². The highest BCUT2D eigenvalue weighted by atomic mass is 19.1. The third-order valence-electron chi connectivity index (χ3n) is 5.20. The largest absolute Gasteiger partial charge is 0.497 e. The second kappa shape index (κ2) is 9.00. The molecule has 0 aromatic heterocycles. The van der Waals surface area contributed by atoms with E-state index in [0.717, 1.165) is 30.7 Å². The van der Waals surface area contributed by atoms with Crippen molar-refractivity contribution in [3.8, 4) is 5.75 Å². The molecule has 1 unspecified atom stereocenters. The second-order valence-electron chi connectivity index (χ2n) is 6.94. The number of halogens is 1. The van der Waals surface area contributed by atoms with Crippen LogP contribution in [0.3, 0.4) is 0 Å². The van der Waals surface area contributed by atoms with Crippen LogP contribution in [-0.2, 0) is 11.3 Å². The molecule has 4 nitrogen and oxygen atoms in total. The molecule has 2 aromatic rings. The van der Waals surface area contributed by atoms with Crippen LogP contribution in [-0.4, -0.2) is 42.5 Å². The van der Waals surface area contributed by atoms with Gasteiger partial charge in [-0.25, -0.2) is 4.39 Å². The number of carbonyl (C=O) groups is 1. The maximum Gasteiger partial charge on any atom is 0.237 e. The van der Waals surface area contributed by atoms with Crippen molar-refractivity contribution in [1.29, 1.82) is 0 Å². The number of hydrogen-bond donors (Lipinski definition) is 0. The molecule has 27 heavy (non-hydrogen) atoms. The van der Waals surface area contributed by atoms with Gasteiger partial charge in [-0.15, -0.1) is 0 Å². The molecule has 144 valence electrons. The summed E-state index contributed by atoms with van der Waals surface area (Å²) in [5.41, 5.74) is 2.03. The van der Waals surface area contributed by atoms with Gasteiger partial charge >= 0.3 is 0 Å². The van der Waals surface area contributed by atoms with Crippen LogP contribution in [0.2, 0.25) is 0 Å². The third-order valence-corrected chi connectivity index (χ3v) is 5.20. The van der Waals surface area contributed by atoms with E-state index in [1.165, 1.54) is 17.7 Å². The molecule has 0 radical (unpaired) electrons. The van der Waals surface area contributed by atoms with Crippen molar-refractivity contribution in [3.05, 3.63) is 65.5 Å². The Labute approximate surface area is 160 Å². The quantitative estimate of drug-likeness (QED) is 0.738. The average molecular weight is 370 g/mol. The number of ether oxygens (including phenoxy) is 1. The zero-order chi connectivity index (χ0) is 19.2. The Morgan fingerprint density at radius 3 is 2.70 bits per heavy atom. The Morgan fingerprint density at radius 1 is 1.26 bits per heavy atom. The first-order valence-electron chi connectivity index (χ1n) is 9.51. The molecule has 1 saturated heterocycles. The minimum Gasteiger partial charge on any atom is -0.497 e. The first kappa shape index (κ1) is 19.4. The Kier molecular flexibility index (Phi) is 6.45. The topological polar surface area (TPSA) is 32.8 Å². The molecule has 0 saturated carbocycles. The van der Waals surface area contributed by atoms with Crippen LogP contribution in [0.15, 0.2) is 48.5 Å². The highest BCUT2D eigenvalue weighted by Crippen LogP contribution is 2.32. The Balaban J connectivity index is 1.65. The Bertz CT molecular complexity index is 763. The predicted molar refractivity (Wildman–Crippen MR) is 104 cm³/mol. The molecule has 0 N–H and O–H groups in total. The predicted octanol–water partition coefficient (Wildman–Crippen LogP) is 4.02. The lowest BCUT2D eigenvalue weighted by atomic mass is 10.0. The Morgan fingerprint density at radius 2 is 2.04 bits per heavy atom. The standard InChI is InChI=1S/C22H27FN2O2/c1-3-24(15-17-6-4-7-19(23)14-17)22(26)16-25-13-5-8-21(25)18-9-11-20(27-2)12-10-18/h4,6-7,9-12,14,21H,3,5,8,13,15-16H2,1-2H3. The number of carbonyl (C=O) groups excluding carboxylic acids is 1. The molecule has 0 bridgehead atoms. The van der Waals surface area contributed by atoms with E-state index in [0.29, 0.717) is 19.6 Å². The van der Waals surface area contributed by atoms with Gasteiger partial charge in [0.2, 0.25) is 5.91 Å². The van der Waals surface area contributed by atoms with E-state index in [1.54, 1.807) is 18.1 Å². The molecule has 0 spiro atoms. The number of benzene rings is 2. The molecular weight excluding hydrogens is 343 g/mol. The summed E-state index contributed by atoms with van der Waals surface area (Å²) >= 11 is 0. The van der Waals surface area contributed by atoms with Gasteiger partial charge in [-0.05, 0) is 61.7 Å². The summed E-state index contributed by atoms with van der Waals surface area (Å²) in [6.45, 7) is 4.31. The number of amides is 1. The van der Waals surface area contributed by atoms with Gasteiger partial charge in [0.25, 0.3) is 0 Å². The molecule has 1 heterocycles. The van der Waals surface area contributed by atoms with E-state index in [9.17, 15) is 9.18 Å². The second-order valence-corrected chi connectivity index (χ2v) is 6.94. The Hall–Kier alpha value is -2.40. The summed E-state index contributed by atoms with van der Waals surface area (Å²) in [5, 5.41) is 0. The molecule has 1 amide bonds. The van der Waals surface area contributed by atoms with Crippen molar-refractivity contribution in [2.75, 3.05) is 26.7 Å². The monoisotopic (exact) mass is 370 g/mol. The fourth-order valence-corrected chi connectivity index (χ4v) is 3.72. The normalized spacial score (nSPS) is 17.1. The summed E-state index contributed by atoms with van der Waals surface area (Å²) in [6.07, 6.45) is 2.13. The van der Waals surface area contributed by atoms with Crippen LogP contribution in [0.5, 0.6) is 5.75 Å². The first-order valence-corrected chi connectivity index (χ1v) is 9.51. The van der Waals surface area contributed by atoms with Gasteiger partial charge in [0, 0.05) is 19.1 Å². The summed E-state index contributed by atoms with van der Waals surface area (Å²) in [7, 11) is 1.66. The summed E-state index contributed by atoms with van der Waals surface area (Å²) < 4.78 is 18.7. The van der Waals surface area contributed by atoms with Crippen molar-refractivity contribution < 1.29 is 13.9 Å². The van der Waals surface area contributed by atoms with Gasteiger partial charge in [-0.3, -0.25) is 9.69 Å². The van der Waals surface area contributed by atoms with Gasteiger partial charge < -0.3 is 9.64 Å². The number of likely N-dealkylation sites (tertiary alicyclic amines) is 1. The third kappa shape index (κ3) is 4.86. The zero-order valence-corrected chi connectivity index (χ0v) is 16.0. The van der Waals surface area contributed by atoms with Gasteiger partial charge in [0.05, 0.1) is 13.7 Å². The number of hydrogen-bond acceptors (Lipinski definition) is 3. The summed E-state index contributed by atoms with van der Waals surface area (Å²) in [4.78, 5) is 16.9. The molecular formula is C22H27FN2O2. The number of nitrogens with zero attached hydrogens (tertiary/aromatic N) is 2. The molecule has 0 aliphatic carbocycles. The highest BCUT2D eigenvalue weighted by molar-refractivity contribution is 5.78. The van der Waals surface area contributed by atoms with E-state index in [-0.39, 0.29) is 17.8 Å². The smallest absolute Gasteiger partial charge is 0.237 e. The molecule has 1 aliphatic rings. The van der Waals surface area contributed by atoms with Crippen molar-refractivity contribution in [2.24, 2.45) is 0 Å². The van der Waals surface area contributed by atoms with Crippen LogP contribution in [0.4, 0.5) is 4.39 Å². The molecule has 1 fully saturated rings. The number of rotatable bonds is 7. The minimum absolute atomic E-state index is 0.0853. The van der Waals surface area contributed by atoms with Crippen LogP contribution >= 0.6 is 0 Å². The van der Waals surface area contributed by atoms with E-state index >= 15 is 0 Å².